The minimum Gasteiger partial charge on any atom is -0.369 e. The molecule has 0 aliphatic carbocycles. The van der Waals surface area contributed by atoms with E-state index < -0.39 is 35.1 Å². The van der Waals surface area contributed by atoms with E-state index in [-0.39, 0.29) is 29.9 Å². The zero-order valence-corrected chi connectivity index (χ0v) is 33.2. The van der Waals surface area contributed by atoms with E-state index in [1.165, 1.54) is 0 Å². The second-order valence-corrected chi connectivity index (χ2v) is 16.3. The van der Waals surface area contributed by atoms with Crippen molar-refractivity contribution in [1.29, 1.82) is 5.26 Å². The van der Waals surface area contributed by atoms with Crippen LogP contribution in [0, 0.1) is 11.3 Å². The fourth-order valence-electron chi connectivity index (χ4n) is 8.52. The molecular weight excluding hydrogens is 768 g/mol. The van der Waals surface area contributed by atoms with Crippen LogP contribution < -0.4 is 15.1 Å². The molecule has 4 aliphatic rings. The summed E-state index contributed by atoms with van der Waals surface area (Å²) in [6, 6.07) is 25.8. The fourth-order valence-corrected chi connectivity index (χ4v) is 8.74. The smallest absolute Gasteiger partial charge is 0.262 e. The number of nitrogens with zero attached hydrogens (tertiary/aromatic N) is 7. The van der Waals surface area contributed by atoms with Gasteiger partial charge in [-0.3, -0.25) is 48.7 Å². The molecule has 5 heterocycles. The Hall–Kier alpha value is -6.62. The summed E-state index contributed by atoms with van der Waals surface area (Å²) in [6.07, 6.45) is 4.14. The first kappa shape index (κ1) is 37.9. The first-order chi connectivity index (χ1) is 28.4. The molecule has 0 saturated carbocycles. The van der Waals surface area contributed by atoms with Gasteiger partial charge in [-0.2, -0.15) is 10.4 Å². The van der Waals surface area contributed by atoms with Crippen molar-refractivity contribution in [3.8, 4) is 28.3 Å². The number of fused-ring (bicyclic) bond motifs is 2. The number of nitrogens with one attached hydrogen (secondary N) is 1. The van der Waals surface area contributed by atoms with Crippen LogP contribution in [-0.4, -0.2) is 87.9 Å². The minimum atomic E-state index is -0.986. The maximum Gasteiger partial charge on any atom is 0.262 e. The summed E-state index contributed by atoms with van der Waals surface area (Å²) >= 11 is 6.33. The molecule has 14 heteroatoms. The number of carbonyl (C=O) groups excluding carboxylic acids is 5. The van der Waals surface area contributed by atoms with Crippen LogP contribution in [0.3, 0.4) is 0 Å². The van der Waals surface area contributed by atoms with E-state index in [4.69, 9.17) is 11.6 Å². The third-order valence-electron chi connectivity index (χ3n) is 12.0. The van der Waals surface area contributed by atoms with Gasteiger partial charge in [0.25, 0.3) is 11.8 Å². The maximum absolute atomic E-state index is 13.7. The van der Waals surface area contributed by atoms with Crippen LogP contribution >= 0.6 is 11.6 Å². The number of hydrogen-bond donors (Lipinski definition) is 1. The summed E-state index contributed by atoms with van der Waals surface area (Å²) in [4.78, 5) is 71.4. The maximum atomic E-state index is 13.7. The van der Waals surface area contributed by atoms with E-state index in [9.17, 15) is 29.2 Å². The van der Waals surface area contributed by atoms with Gasteiger partial charge in [-0.1, -0.05) is 41.9 Å². The topological polar surface area (TPSA) is 152 Å². The predicted octanol–water partition coefficient (Wildman–Crippen LogP) is 5.92. The number of benzene rings is 4. The van der Waals surface area contributed by atoms with Gasteiger partial charge in [0.1, 0.15) is 12.1 Å². The molecule has 1 N–H and O–H groups in total. The van der Waals surface area contributed by atoms with Crippen LogP contribution in [0.5, 0.6) is 0 Å². The molecule has 2 fully saturated rings. The van der Waals surface area contributed by atoms with Gasteiger partial charge in [-0.15, -0.1) is 0 Å². The Labute approximate surface area is 345 Å². The normalized spacial score (nSPS) is 18.9. The Balaban J connectivity index is 0.806. The highest BCUT2D eigenvalue weighted by Gasteiger charge is 2.46. The highest BCUT2D eigenvalue weighted by molar-refractivity contribution is 6.32. The van der Waals surface area contributed by atoms with E-state index in [0.717, 1.165) is 83.4 Å². The fraction of sp³-hybridized carbons (Fsp3) is 0.267. The number of aromatic nitrogens is 2. The summed E-state index contributed by atoms with van der Waals surface area (Å²) in [7, 11) is 0. The lowest BCUT2D eigenvalue weighted by atomic mass is 9.84. The van der Waals surface area contributed by atoms with Gasteiger partial charge in [0, 0.05) is 56.6 Å². The lowest BCUT2D eigenvalue weighted by molar-refractivity contribution is -0.136. The molecule has 0 spiro atoms. The third kappa shape index (κ3) is 6.64. The number of amides is 5. The Bertz CT molecular complexity index is 2640. The third-order valence-corrected chi connectivity index (χ3v) is 12.3. The lowest BCUT2D eigenvalue weighted by Crippen LogP contribution is -2.54. The molecule has 9 rings (SSSR count). The molecule has 5 aromatic rings. The standard InChI is InChI=1S/C45H39ClN8O5/c1-45(2)36-21-29(8-12-38(36)53(44(45)59)33-9-7-30(24-47)37(46)23-33)27-3-5-28(6-4-27)31-25-48-52(26-31)20-17-50-15-18-51(19-16-50)32-10-11-34-35(22-32)43(58)54(42(34)57)39-13-14-40(55)49-41(39)56/h3-12,21-23,25-26,39H,13-20H2,1-2H3,(H,49,55,56). The van der Waals surface area contributed by atoms with Crippen LogP contribution in [-0.2, 0) is 26.3 Å². The van der Waals surface area contributed by atoms with Crippen LogP contribution in [0.15, 0.2) is 91.3 Å². The van der Waals surface area contributed by atoms with Gasteiger partial charge in [0.05, 0.1) is 51.2 Å². The zero-order valence-electron chi connectivity index (χ0n) is 32.4. The molecule has 1 unspecified atom stereocenters. The average molecular weight is 807 g/mol. The second-order valence-electron chi connectivity index (χ2n) is 15.8. The average Bonchev–Trinajstić information content (AvgIpc) is 3.87. The summed E-state index contributed by atoms with van der Waals surface area (Å²) in [5.74, 6) is -2.08. The van der Waals surface area contributed by atoms with Crippen molar-refractivity contribution in [1.82, 2.24) is 24.9 Å². The molecule has 4 aliphatic heterocycles. The minimum absolute atomic E-state index is 0.0591. The number of piperazine rings is 1. The number of hydrogen-bond acceptors (Lipinski definition) is 9. The number of halogens is 1. The van der Waals surface area contributed by atoms with Crippen molar-refractivity contribution in [2.45, 2.75) is 44.7 Å². The van der Waals surface area contributed by atoms with Crippen molar-refractivity contribution < 1.29 is 24.0 Å². The van der Waals surface area contributed by atoms with E-state index in [2.05, 4.69) is 62.8 Å². The monoisotopic (exact) mass is 806 g/mol. The van der Waals surface area contributed by atoms with Crippen molar-refractivity contribution in [3.63, 3.8) is 0 Å². The summed E-state index contributed by atoms with van der Waals surface area (Å²) in [5.41, 5.74) is 7.45. The van der Waals surface area contributed by atoms with Gasteiger partial charge in [0.2, 0.25) is 17.7 Å². The van der Waals surface area contributed by atoms with Gasteiger partial charge >= 0.3 is 0 Å². The van der Waals surface area contributed by atoms with Crippen molar-refractivity contribution in [3.05, 3.63) is 119 Å². The van der Waals surface area contributed by atoms with Crippen LogP contribution in [0.2, 0.25) is 5.02 Å². The number of nitriles is 1. The van der Waals surface area contributed by atoms with Crippen molar-refractivity contribution in [2.24, 2.45) is 0 Å². The van der Waals surface area contributed by atoms with Crippen LogP contribution in [0.25, 0.3) is 22.3 Å². The summed E-state index contributed by atoms with van der Waals surface area (Å²) in [6.45, 7) is 8.52. The van der Waals surface area contributed by atoms with E-state index in [1.54, 1.807) is 35.2 Å². The number of piperidine rings is 1. The predicted molar refractivity (Wildman–Crippen MR) is 221 cm³/mol. The molecule has 59 heavy (non-hydrogen) atoms. The molecule has 2 saturated heterocycles. The molecule has 4 aromatic carbocycles. The van der Waals surface area contributed by atoms with Crippen molar-refractivity contribution >= 4 is 58.2 Å². The zero-order chi connectivity index (χ0) is 41.2. The SMILES string of the molecule is CC1(C)C(=O)N(c2ccc(C#N)c(Cl)c2)c2ccc(-c3ccc(-c4cnn(CCN5CCN(c6ccc7c(c6)C(=O)N(C6CCC(=O)NC6=O)C7=O)CC5)c4)cc3)cc21. The van der Waals surface area contributed by atoms with Crippen LogP contribution in [0.1, 0.15) is 58.5 Å². The molecule has 0 bridgehead atoms. The van der Waals surface area contributed by atoms with Gasteiger partial charge in [0.15, 0.2) is 0 Å². The molecule has 296 valence electrons. The Kier molecular flexibility index (Phi) is 9.41. The number of imide groups is 2. The number of carbonyl (C=O) groups is 5. The highest BCUT2D eigenvalue weighted by atomic mass is 35.5. The van der Waals surface area contributed by atoms with Crippen LogP contribution in [0.4, 0.5) is 17.1 Å². The summed E-state index contributed by atoms with van der Waals surface area (Å²) < 4.78 is 1.96. The number of rotatable bonds is 8. The van der Waals surface area contributed by atoms with Gasteiger partial charge in [-0.25, -0.2) is 0 Å². The Morgan fingerprint density at radius 1 is 0.797 bits per heavy atom. The molecule has 0 radical (unpaired) electrons. The van der Waals surface area contributed by atoms with E-state index in [0.29, 0.717) is 16.3 Å². The summed E-state index contributed by atoms with van der Waals surface area (Å²) in [5, 5.41) is 16.5. The molecule has 13 nitrogen and oxygen atoms in total. The Morgan fingerprint density at radius 2 is 1.49 bits per heavy atom. The molecular formula is C45H39ClN8O5. The second kappa shape index (κ2) is 14.6. The van der Waals surface area contributed by atoms with E-state index >= 15 is 0 Å². The largest absolute Gasteiger partial charge is 0.369 e. The quantitative estimate of drug-likeness (QED) is 0.189. The van der Waals surface area contributed by atoms with Gasteiger partial charge in [-0.05, 0) is 91.1 Å². The number of anilines is 3. The van der Waals surface area contributed by atoms with E-state index in [1.807, 2.05) is 42.9 Å². The first-order valence-electron chi connectivity index (χ1n) is 19.6. The molecule has 5 amide bonds. The Morgan fingerprint density at radius 3 is 2.20 bits per heavy atom. The molecule has 1 atom stereocenters. The molecule has 1 aromatic heterocycles. The van der Waals surface area contributed by atoms with Gasteiger partial charge < -0.3 is 4.90 Å². The van der Waals surface area contributed by atoms with Crippen molar-refractivity contribution in [2.75, 3.05) is 42.5 Å². The lowest BCUT2D eigenvalue weighted by Gasteiger charge is -2.36. The first-order valence-corrected chi connectivity index (χ1v) is 19.9. The highest BCUT2D eigenvalue weighted by Crippen LogP contribution is 2.47.